The number of halogens is 3. The molecule has 0 radical (unpaired) electrons. The van der Waals surface area contributed by atoms with E-state index in [0.29, 0.717) is 5.82 Å². The lowest BCUT2D eigenvalue weighted by atomic mass is 10.1. The van der Waals surface area contributed by atoms with Crippen molar-refractivity contribution in [2.24, 2.45) is 0 Å². The maximum absolute atomic E-state index is 12.2. The molecule has 0 aromatic carbocycles. The minimum atomic E-state index is -4.32. The third kappa shape index (κ3) is 2.11. The van der Waals surface area contributed by atoms with Gasteiger partial charge in [0.15, 0.2) is 0 Å². The zero-order valence-electron chi connectivity index (χ0n) is 7.24. The van der Waals surface area contributed by atoms with Crippen molar-refractivity contribution in [3.05, 3.63) is 23.4 Å². The lowest BCUT2D eigenvalue weighted by Crippen LogP contribution is -2.08. The first kappa shape index (κ1) is 9.83. The summed E-state index contributed by atoms with van der Waals surface area (Å²) in [6, 6.07) is 1.36. The monoisotopic (exact) mass is 190 g/mol. The number of alkyl halides is 3. The van der Waals surface area contributed by atoms with E-state index < -0.39 is 11.7 Å². The van der Waals surface area contributed by atoms with Crippen molar-refractivity contribution in [2.45, 2.75) is 13.1 Å². The van der Waals surface area contributed by atoms with Crippen molar-refractivity contribution in [1.82, 2.24) is 4.98 Å². The fourth-order valence-electron chi connectivity index (χ4n) is 0.989. The molecule has 5 heteroatoms. The van der Waals surface area contributed by atoms with Crippen molar-refractivity contribution >= 4 is 5.82 Å². The number of hydrogen-bond acceptors (Lipinski definition) is 2. The van der Waals surface area contributed by atoms with Gasteiger partial charge in [0.1, 0.15) is 5.82 Å². The van der Waals surface area contributed by atoms with Crippen LogP contribution in [0.25, 0.3) is 0 Å². The van der Waals surface area contributed by atoms with E-state index in [9.17, 15) is 13.2 Å². The molecule has 1 N–H and O–H groups in total. The van der Waals surface area contributed by atoms with Crippen LogP contribution in [0.15, 0.2) is 12.3 Å². The van der Waals surface area contributed by atoms with Gasteiger partial charge in [-0.05, 0) is 18.6 Å². The predicted octanol–water partition coefficient (Wildman–Crippen LogP) is 2.45. The van der Waals surface area contributed by atoms with Gasteiger partial charge in [0.2, 0.25) is 0 Å². The number of pyridine rings is 1. The van der Waals surface area contributed by atoms with Gasteiger partial charge in [0.05, 0.1) is 5.56 Å². The number of nitrogens with zero attached hydrogens (tertiary/aromatic N) is 1. The van der Waals surface area contributed by atoms with Crippen LogP contribution >= 0.6 is 0 Å². The van der Waals surface area contributed by atoms with E-state index in [-0.39, 0.29) is 5.56 Å². The number of nitrogens with one attached hydrogen (secondary N) is 1. The van der Waals surface area contributed by atoms with Crippen LogP contribution in [0.4, 0.5) is 19.0 Å². The summed E-state index contributed by atoms with van der Waals surface area (Å²) in [6.45, 7) is 1.41. The standard InChI is InChI=1S/C8H9F3N2/c1-5-3-7(12-2)13-4-6(5)8(9,10)11/h3-4H,1-2H3,(H,12,13). The highest BCUT2D eigenvalue weighted by molar-refractivity contribution is 5.40. The van der Waals surface area contributed by atoms with Crippen molar-refractivity contribution in [2.75, 3.05) is 12.4 Å². The first-order chi connectivity index (χ1) is 5.95. The lowest BCUT2D eigenvalue weighted by molar-refractivity contribution is -0.138. The number of aryl methyl sites for hydroxylation is 1. The van der Waals surface area contributed by atoms with E-state index in [1.54, 1.807) is 7.05 Å². The zero-order chi connectivity index (χ0) is 10.1. The molecule has 0 saturated carbocycles. The Morgan fingerprint density at radius 2 is 2.00 bits per heavy atom. The molecule has 72 valence electrons. The van der Waals surface area contributed by atoms with Crippen LogP contribution in [0.1, 0.15) is 11.1 Å². The molecule has 0 saturated heterocycles. The molecule has 0 aliphatic heterocycles. The van der Waals surface area contributed by atoms with Crippen molar-refractivity contribution in [1.29, 1.82) is 0 Å². The summed E-state index contributed by atoms with van der Waals surface area (Å²) in [5.41, 5.74) is -0.515. The Hall–Kier alpha value is -1.26. The molecular formula is C8H9F3N2. The second-order valence-electron chi connectivity index (χ2n) is 2.63. The molecule has 1 heterocycles. The Morgan fingerprint density at radius 1 is 1.38 bits per heavy atom. The summed E-state index contributed by atoms with van der Waals surface area (Å²) in [5.74, 6) is 0.436. The molecule has 0 unspecified atom stereocenters. The van der Waals surface area contributed by atoms with Gasteiger partial charge < -0.3 is 5.32 Å². The van der Waals surface area contributed by atoms with Crippen LogP contribution in [0.5, 0.6) is 0 Å². The highest BCUT2D eigenvalue weighted by Crippen LogP contribution is 2.31. The van der Waals surface area contributed by atoms with Gasteiger partial charge in [0, 0.05) is 13.2 Å². The summed E-state index contributed by atoms with van der Waals surface area (Å²) >= 11 is 0. The number of anilines is 1. The van der Waals surface area contributed by atoms with Crippen LogP contribution in [0.2, 0.25) is 0 Å². The molecule has 0 atom stereocenters. The molecule has 0 aliphatic rings. The Morgan fingerprint density at radius 3 is 2.38 bits per heavy atom. The second kappa shape index (κ2) is 3.24. The van der Waals surface area contributed by atoms with E-state index in [1.165, 1.54) is 13.0 Å². The molecule has 1 rings (SSSR count). The summed E-state index contributed by atoms with van der Waals surface area (Å²) < 4.78 is 36.7. The average Bonchev–Trinajstić information content (AvgIpc) is 2.01. The first-order valence-corrected chi connectivity index (χ1v) is 3.66. The molecule has 0 amide bonds. The summed E-state index contributed by atoms with van der Waals surface area (Å²) in [5, 5.41) is 2.67. The Kier molecular flexibility index (Phi) is 2.45. The van der Waals surface area contributed by atoms with Crippen molar-refractivity contribution in [3.63, 3.8) is 0 Å². The zero-order valence-corrected chi connectivity index (χ0v) is 7.24. The van der Waals surface area contributed by atoms with Crippen LogP contribution in [-0.2, 0) is 6.18 Å². The van der Waals surface area contributed by atoms with E-state index in [4.69, 9.17) is 0 Å². The minimum Gasteiger partial charge on any atom is -0.373 e. The largest absolute Gasteiger partial charge is 0.418 e. The van der Waals surface area contributed by atoms with Gasteiger partial charge in [-0.3, -0.25) is 0 Å². The molecule has 0 fully saturated rings. The highest BCUT2D eigenvalue weighted by atomic mass is 19.4. The van der Waals surface area contributed by atoms with Gasteiger partial charge >= 0.3 is 6.18 Å². The van der Waals surface area contributed by atoms with Crippen LogP contribution in [-0.4, -0.2) is 12.0 Å². The Balaban J connectivity index is 3.13. The average molecular weight is 190 g/mol. The van der Waals surface area contributed by atoms with Gasteiger partial charge in [-0.15, -0.1) is 0 Å². The molecule has 2 nitrogen and oxygen atoms in total. The Bertz CT molecular complexity index is 307. The number of rotatable bonds is 1. The lowest BCUT2D eigenvalue weighted by Gasteiger charge is -2.10. The molecule has 13 heavy (non-hydrogen) atoms. The quantitative estimate of drug-likeness (QED) is 0.735. The smallest absolute Gasteiger partial charge is 0.373 e. The fraction of sp³-hybridized carbons (Fsp3) is 0.375. The fourth-order valence-corrected chi connectivity index (χ4v) is 0.989. The summed E-state index contributed by atoms with van der Waals surface area (Å²) in [7, 11) is 1.61. The van der Waals surface area contributed by atoms with E-state index >= 15 is 0 Å². The summed E-state index contributed by atoms with van der Waals surface area (Å²) in [6.07, 6.45) is -3.48. The molecule has 0 bridgehead atoms. The first-order valence-electron chi connectivity index (χ1n) is 3.66. The minimum absolute atomic E-state index is 0.173. The van der Waals surface area contributed by atoms with Crippen molar-refractivity contribution in [3.8, 4) is 0 Å². The SMILES string of the molecule is CNc1cc(C)c(C(F)(F)F)cn1. The maximum Gasteiger partial charge on any atom is 0.418 e. The number of hydrogen-bond donors (Lipinski definition) is 1. The maximum atomic E-state index is 12.2. The molecule has 0 spiro atoms. The van der Waals surface area contributed by atoms with Crippen LogP contribution in [0, 0.1) is 6.92 Å². The van der Waals surface area contributed by atoms with Gasteiger partial charge in [-0.1, -0.05) is 0 Å². The van der Waals surface area contributed by atoms with Gasteiger partial charge in [0.25, 0.3) is 0 Å². The topological polar surface area (TPSA) is 24.9 Å². The molecule has 1 aromatic rings. The van der Waals surface area contributed by atoms with E-state index in [1.807, 2.05) is 0 Å². The third-order valence-electron chi connectivity index (χ3n) is 1.67. The van der Waals surface area contributed by atoms with Gasteiger partial charge in [-0.2, -0.15) is 13.2 Å². The van der Waals surface area contributed by atoms with E-state index in [2.05, 4.69) is 10.3 Å². The summed E-state index contributed by atoms with van der Waals surface area (Å²) in [4.78, 5) is 3.59. The molecule has 0 aliphatic carbocycles. The predicted molar refractivity (Wildman–Crippen MR) is 43.5 cm³/mol. The molecule has 1 aromatic heterocycles. The van der Waals surface area contributed by atoms with Crippen LogP contribution < -0.4 is 5.32 Å². The van der Waals surface area contributed by atoms with Gasteiger partial charge in [-0.25, -0.2) is 4.98 Å². The normalized spacial score (nSPS) is 11.5. The highest BCUT2D eigenvalue weighted by Gasteiger charge is 2.32. The Labute approximate surface area is 73.8 Å². The second-order valence-corrected chi connectivity index (χ2v) is 2.63. The van der Waals surface area contributed by atoms with Crippen LogP contribution in [0.3, 0.4) is 0 Å². The van der Waals surface area contributed by atoms with E-state index in [0.717, 1.165) is 6.20 Å². The van der Waals surface area contributed by atoms with Crippen molar-refractivity contribution < 1.29 is 13.2 Å². The molecular weight excluding hydrogens is 181 g/mol. The number of aromatic nitrogens is 1. The third-order valence-corrected chi connectivity index (χ3v) is 1.67.